The predicted octanol–water partition coefficient (Wildman–Crippen LogP) is 1.82. The molecule has 0 aliphatic carbocycles. The Bertz CT molecular complexity index is 326. The average Bonchev–Trinajstić information content (AvgIpc) is 2.39. The van der Waals surface area contributed by atoms with Crippen molar-refractivity contribution in [2.45, 2.75) is 26.3 Å². The lowest BCUT2D eigenvalue weighted by atomic mass is 10.1. The van der Waals surface area contributed by atoms with Crippen molar-refractivity contribution in [1.29, 1.82) is 0 Å². The smallest absolute Gasteiger partial charge is 0.137 e. The Kier molecular flexibility index (Phi) is 5.94. The van der Waals surface area contributed by atoms with Gasteiger partial charge >= 0.3 is 0 Å². The highest BCUT2D eigenvalue weighted by Gasteiger charge is 2.09. The van der Waals surface area contributed by atoms with Crippen LogP contribution in [0.1, 0.15) is 31.9 Å². The molecule has 0 fully saturated rings. The molecule has 0 aliphatic heterocycles. The summed E-state index contributed by atoms with van der Waals surface area (Å²) in [5.74, 6) is 0.765. The van der Waals surface area contributed by atoms with Gasteiger partial charge in [-0.15, -0.1) is 0 Å². The summed E-state index contributed by atoms with van der Waals surface area (Å²) in [6.45, 7) is 7.49. The molecule has 0 bridgehead atoms. The molecule has 0 amide bonds. The van der Waals surface area contributed by atoms with E-state index in [0.29, 0.717) is 0 Å². The van der Waals surface area contributed by atoms with Gasteiger partial charge in [0.2, 0.25) is 0 Å². The van der Waals surface area contributed by atoms with Crippen LogP contribution in [0.2, 0.25) is 0 Å². The highest BCUT2D eigenvalue weighted by molar-refractivity contribution is 5.25. The third-order valence-corrected chi connectivity index (χ3v) is 3.05. The molecule has 2 N–H and O–H groups in total. The zero-order valence-electron chi connectivity index (χ0n) is 11.0. The largest absolute Gasteiger partial charge is 0.495 e. The molecule has 0 aromatic carbocycles. The van der Waals surface area contributed by atoms with E-state index in [4.69, 9.17) is 10.5 Å². The van der Waals surface area contributed by atoms with E-state index >= 15 is 0 Å². The van der Waals surface area contributed by atoms with Crippen LogP contribution in [0.3, 0.4) is 0 Å². The number of methoxy groups -OCH3 is 1. The maximum Gasteiger partial charge on any atom is 0.137 e. The van der Waals surface area contributed by atoms with Crippen LogP contribution in [0.5, 0.6) is 5.75 Å². The van der Waals surface area contributed by atoms with Gasteiger partial charge in [-0.3, -0.25) is 4.98 Å². The summed E-state index contributed by atoms with van der Waals surface area (Å²) in [7, 11) is 1.64. The second-order valence-corrected chi connectivity index (χ2v) is 4.08. The number of pyridine rings is 1. The Morgan fingerprint density at radius 2 is 2.06 bits per heavy atom. The number of nitrogens with two attached hydrogens (primary N) is 1. The summed E-state index contributed by atoms with van der Waals surface area (Å²) in [6, 6.07) is 1.98. The maximum atomic E-state index is 6.15. The van der Waals surface area contributed by atoms with E-state index in [-0.39, 0.29) is 6.04 Å². The summed E-state index contributed by atoms with van der Waals surface area (Å²) in [6.07, 6.45) is 4.45. The predicted molar refractivity (Wildman–Crippen MR) is 70.1 cm³/mol. The van der Waals surface area contributed by atoms with E-state index in [1.807, 2.05) is 12.3 Å². The molecule has 1 aromatic heterocycles. The molecule has 4 heteroatoms. The molecule has 17 heavy (non-hydrogen) atoms. The van der Waals surface area contributed by atoms with Gasteiger partial charge < -0.3 is 15.4 Å². The van der Waals surface area contributed by atoms with E-state index in [1.165, 1.54) is 0 Å². The van der Waals surface area contributed by atoms with Crippen molar-refractivity contribution in [3.05, 3.63) is 24.0 Å². The molecule has 1 unspecified atom stereocenters. The van der Waals surface area contributed by atoms with Crippen LogP contribution in [0, 0.1) is 0 Å². The third-order valence-electron chi connectivity index (χ3n) is 3.05. The Morgan fingerprint density at radius 3 is 2.65 bits per heavy atom. The zero-order chi connectivity index (χ0) is 12.7. The highest BCUT2D eigenvalue weighted by atomic mass is 16.5. The van der Waals surface area contributed by atoms with Gasteiger partial charge in [0.25, 0.3) is 0 Å². The summed E-state index contributed by atoms with van der Waals surface area (Å²) < 4.78 is 5.14. The van der Waals surface area contributed by atoms with Gasteiger partial charge in [-0.25, -0.2) is 0 Å². The van der Waals surface area contributed by atoms with Crippen molar-refractivity contribution in [1.82, 2.24) is 9.88 Å². The normalized spacial score (nSPS) is 12.8. The van der Waals surface area contributed by atoms with Crippen LogP contribution < -0.4 is 10.5 Å². The van der Waals surface area contributed by atoms with Crippen LogP contribution in [-0.4, -0.2) is 36.6 Å². The molecule has 1 aromatic rings. The first-order chi connectivity index (χ1) is 8.21. The minimum absolute atomic E-state index is 0.0261. The fraction of sp³-hybridized carbons (Fsp3) is 0.615. The molecule has 1 rings (SSSR count). The summed E-state index contributed by atoms with van der Waals surface area (Å²) >= 11 is 0. The van der Waals surface area contributed by atoms with Gasteiger partial charge in [-0.1, -0.05) is 13.8 Å². The van der Waals surface area contributed by atoms with E-state index in [1.54, 1.807) is 13.3 Å². The molecule has 0 radical (unpaired) electrons. The second-order valence-electron chi connectivity index (χ2n) is 4.08. The standard InChI is InChI=1S/C13H23N3O/c1-4-16(5-2)7-6-13(14)11-8-12(17-3)10-15-9-11/h8-10,13H,4-7,14H2,1-3H3. The summed E-state index contributed by atoms with van der Waals surface area (Å²) in [5, 5.41) is 0. The van der Waals surface area contributed by atoms with E-state index in [9.17, 15) is 0 Å². The molecule has 4 nitrogen and oxygen atoms in total. The molecular formula is C13H23N3O. The van der Waals surface area contributed by atoms with Crippen LogP contribution in [-0.2, 0) is 0 Å². The van der Waals surface area contributed by atoms with Crippen molar-refractivity contribution in [3.8, 4) is 5.75 Å². The average molecular weight is 237 g/mol. The van der Waals surface area contributed by atoms with Crippen molar-refractivity contribution in [2.75, 3.05) is 26.7 Å². The number of rotatable bonds is 7. The molecule has 1 heterocycles. The lowest BCUT2D eigenvalue weighted by Gasteiger charge is -2.20. The molecule has 0 aliphatic rings. The van der Waals surface area contributed by atoms with Gasteiger partial charge in [-0.05, 0) is 37.7 Å². The number of ether oxygens (including phenoxy) is 1. The second kappa shape index (κ2) is 7.25. The maximum absolute atomic E-state index is 6.15. The molecule has 0 saturated carbocycles. The van der Waals surface area contributed by atoms with Crippen molar-refractivity contribution in [2.24, 2.45) is 5.73 Å². The van der Waals surface area contributed by atoms with Crippen molar-refractivity contribution >= 4 is 0 Å². The Balaban J connectivity index is 2.53. The van der Waals surface area contributed by atoms with Crippen LogP contribution >= 0.6 is 0 Å². The van der Waals surface area contributed by atoms with Gasteiger partial charge in [0, 0.05) is 12.2 Å². The minimum atomic E-state index is 0.0261. The summed E-state index contributed by atoms with van der Waals surface area (Å²) in [5.41, 5.74) is 7.19. The first-order valence-corrected chi connectivity index (χ1v) is 6.18. The Labute approximate surface area is 104 Å². The lowest BCUT2D eigenvalue weighted by Crippen LogP contribution is -2.27. The van der Waals surface area contributed by atoms with Crippen molar-refractivity contribution < 1.29 is 4.74 Å². The quantitative estimate of drug-likeness (QED) is 0.786. The Morgan fingerprint density at radius 1 is 1.35 bits per heavy atom. The van der Waals surface area contributed by atoms with Gasteiger partial charge in [0.15, 0.2) is 0 Å². The molecule has 96 valence electrons. The van der Waals surface area contributed by atoms with Crippen LogP contribution in [0.4, 0.5) is 0 Å². The van der Waals surface area contributed by atoms with Crippen LogP contribution in [0.25, 0.3) is 0 Å². The van der Waals surface area contributed by atoms with Crippen LogP contribution in [0.15, 0.2) is 18.5 Å². The lowest BCUT2D eigenvalue weighted by molar-refractivity contribution is 0.290. The van der Waals surface area contributed by atoms with E-state index in [2.05, 4.69) is 23.7 Å². The zero-order valence-corrected chi connectivity index (χ0v) is 11.0. The first-order valence-electron chi connectivity index (χ1n) is 6.18. The SMILES string of the molecule is CCN(CC)CCC(N)c1cncc(OC)c1. The van der Waals surface area contributed by atoms with Gasteiger partial charge in [0.05, 0.1) is 13.3 Å². The molecular weight excluding hydrogens is 214 g/mol. The Hall–Kier alpha value is -1.13. The molecule has 1 atom stereocenters. The fourth-order valence-electron chi connectivity index (χ4n) is 1.78. The summed E-state index contributed by atoms with van der Waals surface area (Å²) in [4.78, 5) is 6.49. The monoisotopic (exact) mass is 237 g/mol. The van der Waals surface area contributed by atoms with E-state index in [0.717, 1.165) is 37.4 Å². The third kappa shape index (κ3) is 4.32. The topological polar surface area (TPSA) is 51.4 Å². The number of aromatic nitrogens is 1. The highest BCUT2D eigenvalue weighted by Crippen LogP contribution is 2.18. The van der Waals surface area contributed by atoms with E-state index < -0.39 is 0 Å². The van der Waals surface area contributed by atoms with Gasteiger partial charge in [-0.2, -0.15) is 0 Å². The first kappa shape index (κ1) is 13.9. The fourth-order valence-corrected chi connectivity index (χ4v) is 1.78. The van der Waals surface area contributed by atoms with Gasteiger partial charge in [0.1, 0.15) is 5.75 Å². The van der Waals surface area contributed by atoms with Crippen molar-refractivity contribution in [3.63, 3.8) is 0 Å². The molecule has 0 saturated heterocycles. The number of hydrogen-bond donors (Lipinski definition) is 1. The molecule has 0 spiro atoms. The number of nitrogens with zero attached hydrogens (tertiary/aromatic N) is 2. The number of hydrogen-bond acceptors (Lipinski definition) is 4. The minimum Gasteiger partial charge on any atom is -0.495 e.